The van der Waals surface area contributed by atoms with Crippen LogP contribution in [0.2, 0.25) is 0 Å². The molecule has 1 aliphatic rings. The summed E-state index contributed by atoms with van der Waals surface area (Å²) in [6.45, 7) is 5.06. The molecule has 0 aromatic carbocycles. The van der Waals surface area contributed by atoms with E-state index in [1.54, 1.807) is 18.3 Å². The molecule has 2 atom stereocenters. The molecule has 2 N–H and O–H groups in total. The Morgan fingerprint density at radius 2 is 2.29 bits per heavy atom. The Kier molecular flexibility index (Phi) is 3.57. The number of hydrogen-bond acceptors (Lipinski definition) is 4. The minimum atomic E-state index is 0.0529. The summed E-state index contributed by atoms with van der Waals surface area (Å²) in [5.74, 6) is 1.49. The SMILES string of the molecule is CC1SCCN(C(=O)c2ccc(N)nc2)C1C. The third kappa shape index (κ3) is 2.54. The minimum absolute atomic E-state index is 0.0529. The Morgan fingerprint density at radius 3 is 2.94 bits per heavy atom. The summed E-state index contributed by atoms with van der Waals surface area (Å²) < 4.78 is 0. The number of rotatable bonds is 1. The van der Waals surface area contributed by atoms with E-state index in [0.717, 1.165) is 12.3 Å². The van der Waals surface area contributed by atoms with E-state index in [0.29, 0.717) is 16.6 Å². The number of aromatic nitrogens is 1. The minimum Gasteiger partial charge on any atom is -0.384 e. The van der Waals surface area contributed by atoms with Gasteiger partial charge in [-0.3, -0.25) is 4.79 Å². The fourth-order valence-electron chi connectivity index (χ4n) is 1.92. The monoisotopic (exact) mass is 251 g/mol. The van der Waals surface area contributed by atoms with Gasteiger partial charge in [0.2, 0.25) is 0 Å². The highest BCUT2D eigenvalue weighted by molar-refractivity contribution is 8.00. The third-order valence-electron chi connectivity index (χ3n) is 3.18. The standard InChI is InChI=1S/C12H17N3OS/c1-8-9(2)17-6-5-15(8)12(16)10-3-4-11(13)14-7-10/h3-4,7-9H,5-6H2,1-2H3,(H2,13,14). The number of nitrogen functional groups attached to an aromatic ring is 1. The van der Waals surface area contributed by atoms with Crippen LogP contribution in [0.5, 0.6) is 0 Å². The van der Waals surface area contributed by atoms with E-state index in [9.17, 15) is 4.79 Å². The number of carbonyl (C=O) groups excluding carboxylic acids is 1. The molecule has 1 aliphatic heterocycles. The molecule has 17 heavy (non-hydrogen) atoms. The number of amides is 1. The fourth-order valence-corrected chi connectivity index (χ4v) is 3.02. The van der Waals surface area contributed by atoms with Crippen molar-refractivity contribution in [3.8, 4) is 0 Å². The predicted octanol–water partition coefficient (Wildman–Crippen LogP) is 1.63. The van der Waals surface area contributed by atoms with Crippen LogP contribution in [-0.2, 0) is 0 Å². The van der Waals surface area contributed by atoms with Gasteiger partial charge in [0, 0.05) is 29.8 Å². The molecule has 4 nitrogen and oxygen atoms in total. The van der Waals surface area contributed by atoms with Crippen LogP contribution in [0, 0.1) is 0 Å². The van der Waals surface area contributed by atoms with Crippen molar-refractivity contribution in [3.63, 3.8) is 0 Å². The fraction of sp³-hybridized carbons (Fsp3) is 0.500. The highest BCUT2D eigenvalue weighted by Gasteiger charge is 2.29. The van der Waals surface area contributed by atoms with Gasteiger partial charge in [0.25, 0.3) is 5.91 Å². The molecular formula is C12H17N3OS. The van der Waals surface area contributed by atoms with Crippen molar-refractivity contribution in [2.45, 2.75) is 25.1 Å². The van der Waals surface area contributed by atoms with Crippen LogP contribution in [0.3, 0.4) is 0 Å². The van der Waals surface area contributed by atoms with Crippen LogP contribution >= 0.6 is 11.8 Å². The second kappa shape index (κ2) is 4.96. The van der Waals surface area contributed by atoms with E-state index in [-0.39, 0.29) is 11.9 Å². The summed E-state index contributed by atoms with van der Waals surface area (Å²) in [6, 6.07) is 3.67. The van der Waals surface area contributed by atoms with Gasteiger partial charge in [-0.25, -0.2) is 4.98 Å². The molecule has 0 spiro atoms. The molecule has 1 fully saturated rings. The van der Waals surface area contributed by atoms with Crippen LogP contribution in [0.4, 0.5) is 5.82 Å². The molecule has 2 rings (SSSR count). The Hall–Kier alpha value is -1.23. The third-order valence-corrected chi connectivity index (χ3v) is 4.52. The smallest absolute Gasteiger partial charge is 0.255 e. The van der Waals surface area contributed by atoms with E-state index in [4.69, 9.17) is 5.73 Å². The van der Waals surface area contributed by atoms with Crippen molar-refractivity contribution in [2.24, 2.45) is 0 Å². The Labute approximate surface area is 106 Å². The molecule has 1 aromatic rings. The van der Waals surface area contributed by atoms with Gasteiger partial charge in [0.05, 0.1) is 5.56 Å². The molecule has 1 saturated heterocycles. The lowest BCUT2D eigenvalue weighted by Gasteiger charge is -2.37. The molecule has 0 radical (unpaired) electrons. The molecule has 0 bridgehead atoms. The lowest BCUT2D eigenvalue weighted by Crippen LogP contribution is -2.47. The molecule has 2 unspecified atom stereocenters. The zero-order valence-electron chi connectivity index (χ0n) is 10.1. The summed E-state index contributed by atoms with van der Waals surface area (Å²) >= 11 is 1.92. The average Bonchev–Trinajstić information content (AvgIpc) is 2.33. The topological polar surface area (TPSA) is 59.2 Å². The highest BCUT2D eigenvalue weighted by atomic mass is 32.2. The quantitative estimate of drug-likeness (QED) is 0.824. The second-order valence-corrected chi connectivity index (χ2v) is 5.77. The lowest BCUT2D eigenvalue weighted by molar-refractivity contribution is 0.0698. The van der Waals surface area contributed by atoms with Crippen LogP contribution < -0.4 is 5.73 Å². The number of hydrogen-bond donors (Lipinski definition) is 1. The zero-order valence-corrected chi connectivity index (χ0v) is 10.9. The van der Waals surface area contributed by atoms with Crippen LogP contribution in [0.15, 0.2) is 18.3 Å². The van der Waals surface area contributed by atoms with Crippen molar-refractivity contribution >= 4 is 23.5 Å². The normalized spacial score (nSPS) is 24.7. The van der Waals surface area contributed by atoms with Gasteiger partial charge in [-0.2, -0.15) is 11.8 Å². The number of anilines is 1. The Morgan fingerprint density at radius 1 is 1.53 bits per heavy atom. The van der Waals surface area contributed by atoms with Crippen molar-refractivity contribution in [1.29, 1.82) is 0 Å². The maximum Gasteiger partial charge on any atom is 0.255 e. The van der Waals surface area contributed by atoms with Gasteiger partial charge in [0.15, 0.2) is 0 Å². The number of pyridine rings is 1. The lowest BCUT2D eigenvalue weighted by atomic mass is 10.1. The zero-order chi connectivity index (χ0) is 12.4. The molecule has 2 heterocycles. The highest BCUT2D eigenvalue weighted by Crippen LogP contribution is 2.25. The number of nitrogens with zero attached hydrogens (tertiary/aromatic N) is 2. The molecule has 0 aliphatic carbocycles. The number of thioether (sulfide) groups is 1. The molecule has 1 aromatic heterocycles. The molecule has 0 saturated carbocycles. The first-order valence-electron chi connectivity index (χ1n) is 5.73. The van der Waals surface area contributed by atoms with Gasteiger partial charge in [-0.15, -0.1) is 0 Å². The van der Waals surface area contributed by atoms with E-state index >= 15 is 0 Å². The van der Waals surface area contributed by atoms with Crippen molar-refractivity contribution in [1.82, 2.24) is 9.88 Å². The van der Waals surface area contributed by atoms with Gasteiger partial charge in [0.1, 0.15) is 5.82 Å². The molecule has 5 heteroatoms. The summed E-state index contributed by atoms with van der Waals surface area (Å²) in [4.78, 5) is 18.2. The number of nitrogens with two attached hydrogens (primary N) is 1. The Balaban J connectivity index is 2.16. The maximum atomic E-state index is 12.3. The van der Waals surface area contributed by atoms with E-state index in [1.807, 2.05) is 16.7 Å². The second-order valence-electron chi connectivity index (χ2n) is 4.29. The van der Waals surface area contributed by atoms with E-state index in [1.165, 1.54) is 0 Å². The van der Waals surface area contributed by atoms with Crippen LogP contribution in [-0.4, -0.2) is 39.4 Å². The first-order chi connectivity index (χ1) is 8.09. The Bertz CT molecular complexity index is 407. The van der Waals surface area contributed by atoms with Crippen LogP contribution in [0.25, 0.3) is 0 Å². The summed E-state index contributed by atoms with van der Waals surface area (Å²) in [5, 5.41) is 0.481. The van der Waals surface area contributed by atoms with Gasteiger partial charge in [-0.05, 0) is 19.1 Å². The first-order valence-corrected chi connectivity index (χ1v) is 6.78. The van der Waals surface area contributed by atoms with Crippen molar-refractivity contribution in [3.05, 3.63) is 23.9 Å². The molecular weight excluding hydrogens is 234 g/mol. The summed E-state index contributed by atoms with van der Waals surface area (Å²) in [6.07, 6.45) is 1.55. The van der Waals surface area contributed by atoms with Gasteiger partial charge < -0.3 is 10.6 Å². The van der Waals surface area contributed by atoms with Gasteiger partial charge in [-0.1, -0.05) is 6.92 Å². The number of carbonyl (C=O) groups is 1. The average molecular weight is 251 g/mol. The predicted molar refractivity (Wildman–Crippen MR) is 71.1 cm³/mol. The van der Waals surface area contributed by atoms with Gasteiger partial charge >= 0.3 is 0 Å². The molecule has 1 amide bonds. The van der Waals surface area contributed by atoms with Crippen molar-refractivity contribution < 1.29 is 4.79 Å². The molecule has 92 valence electrons. The van der Waals surface area contributed by atoms with Crippen molar-refractivity contribution in [2.75, 3.05) is 18.0 Å². The van der Waals surface area contributed by atoms with E-state index < -0.39 is 0 Å². The van der Waals surface area contributed by atoms with E-state index in [2.05, 4.69) is 18.8 Å². The maximum absolute atomic E-state index is 12.3. The first kappa shape index (κ1) is 12.2. The summed E-state index contributed by atoms with van der Waals surface area (Å²) in [7, 11) is 0. The van der Waals surface area contributed by atoms with Crippen LogP contribution in [0.1, 0.15) is 24.2 Å². The largest absolute Gasteiger partial charge is 0.384 e. The summed E-state index contributed by atoms with van der Waals surface area (Å²) in [5.41, 5.74) is 6.13.